The number of piperidine rings is 1. The molecule has 29 heavy (non-hydrogen) atoms. The van der Waals surface area contributed by atoms with Gasteiger partial charge in [0, 0.05) is 6.54 Å². The highest BCUT2D eigenvalue weighted by Crippen LogP contribution is 2.28. The van der Waals surface area contributed by atoms with E-state index in [2.05, 4.69) is 21.3 Å². The van der Waals surface area contributed by atoms with E-state index in [1.807, 2.05) is 13.8 Å². The summed E-state index contributed by atoms with van der Waals surface area (Å²) in [4.78, 5) is 15.7. The number of halogens is 5. The van der Waals surface area contributed by atoms with Gasteiger partial charge in [-0.2, -0.15) is 13.2 Å². The predicted octanol–water partition coefficient (Wildman–Crippen LogP) is 2.89. The van der Waals surface area contributed by atoms with Crippen LogP contribution < -0.4 is 5.32 Å². The minimum Gasteiger partial charge on any atom is -0.347 e. The third-order valence-corrected chi connectivity index (χ3v) is 4.74. The Bertz CT molecular complexity index is 978. The summed E-state index contributed by atoms with van der Waals surface area (Å²) < 4.78 is 67.7. The number of aromatic nitrogens is 3. The van der Waals surface area contributed by atoms with Gasteiger partial charge in [0.2, 0.25) is 5.95 Å². The largest absolute Gasteiger partial charge is 0.471 e. The van der Waals surface area contributed by atoms with Crippen molar-refractivity contribution in [2.45, 2.75) is 44.6 Å². The number of alkyl halides is 4. The minimum absolute atomic E-state index is 0.0266. The van der Waals surface area contributed by atoms with Crippen molar-refractivity contribution in [3.63, 3.8) is 0 Å². The number of carbonyl (C=O) groups excluding carboxylic acids is 1. The number of nitrogens with zero attached hydrogens (tertiary/aromatic N) is 4. The van der Waals surface area contributed by atoms with Gasteiger partial charge in [-0.05, 0) is 12.3 Å². The number of hydrogen-bond acceptors (Lipinski definition) is 4. The van der Waals surface area contributed by atoms with Crippen LogP contribution in [0.1, 0.15) is 37.4 Å². The van der Waals surface area contributed by atoms with Crippen molar-refractivity contribution in [1.29, 1.82) is 0 Å². The molecule has 2 atom stereocenters. The van der Waals surface area contributed by atoms with Crippen LogP contribution >= 0.6 is 0 Å². The Balaban J connectivity index is 1.82. The number of anilines is 1. The first-order valence-electron chi connectivity index (χ1n) is 8.85. The van der Waals surface area contributed by atoms with E-state index in [9.17, 15) is 26.7 Å². The quantitative estimate of drug-likeness (QED) is 0.619. The van der Waals surface area contributed by atoms with Crippen LogP contribution in [0.4, 0.5) is 27.9 Å². The summed E-state index contributed by atoms with van der Waals surface area (Å²) in [5.41, 5.74) is 0.580. The molecule has 0 bridgehead atoms. The summed E-state index contributed by atoms with van der Waals surface area (Å²) in [6, 6.07) is -0.903. The molecule has 1 fully saturated rings. The molecule has 0 saturated carbocycles. The molecule has 1 amide bonds. The summed E-state index contributed by atoms with van der Waals surface area (Å²) >= 11 is 0. The van der Waals surface area contributed by atoms with Crippen LogP contribution in [-0.2, 0) is 4.79 Å². The van der Waals surface area contributed by atoms with Crippen molar-refractivity contribution >= 4 is 17.4 Å². The molecule has 1 aliphatic heterocycles. The predicted molar refractivity (Wildman–Crippen MR) is 94.5 cm³/mol. The molecule has 6 nitrogen and oxygen atoms in total. The van der Waals surface area contributed by atoms with Crippen LogP contribution in [0.25, 0.3) is 5.52 Å². The molecule has 3 rings (SSSR count). The van der Waals surface area contributed by atoms with Crippen molar-refractivity contribution in [3.8, 4) is 12.3 Å². The molecular formula is C18H18F5N5O. The van der Waals surface area contributed by atoms with Crippen LogP contribution in [0.5, 0.6) is 0 Å². The van der Waals surface area contributed by atoms with Crippen molar-refractivity contribution in [2.24, 2.45) is 0 Å². The lowest BCUT2D eigenvalue weighted by atomic mass is 10.0. The first kappa shape index (κ1) is 20.8. The Hall–Kier alpha value is -2.90. The van der Waals surface area contributed by atoms with Crippen molar-refractivity contribution < 1.29 is 26.7 Å². The molecule has 1 N–H and O–H groups in total. The van der Waals surface area contributed by atoms with Gasteiger partial charge in [-0.15, -0.1) is 11.5 Å². The second kappa shape index (κ2) is 7.50. The van der Waals surface area contributed by atoms with E-state index in [1.54, 1.807) is 0 Å². The average Bonchev–Trinajstić information content (AvgIpc) is 2.93. The van der Waals surface area contributed by atoms with Gasteiger partial charge in [0.15, 0.2) is 5.82 Å². The van der Waals surface area contributed by atoms with Gasteiger partial charge < -0.3 is 10.2 Å². The molecule has 3 heterocycles. The Kier molecular flexibility index (Phi) is 5.38. The number of rotatable bonds is 3. The summed E-state index contributed by atoms with van der Waals surface area (Å²) in [5.74, 6) is -0.592. The van der Waals surface area contributed by atoms with E-state index >= 15 is 0 Å². The highest BCUT2D eigenvalue weighted by atomic mass is 19.4. The molecule has 0 radical (unpaired) electrons. The average molecular weight is 415 g/mol. The molecule has 0 aliphatic carbocycles. The van der Waals surface area contributed by atoms with Gasteiger partial charge in [-0.25, -0.2) is 18.3 Å². The number of nitrogens with one attached hydrogen (secondary N) is 1. The highest BCUT2D eigenvalue weighted by Gasteiger charge is 2.45. The van der Waals surface area contributed by atoms with Gasteiger partial charge in [-0.1, -0.05) is 19.8 Å². The van der Waals surface area contributed by atoms with E-state index in [-0.39, 0.29) is 35.9 Å². The molecule has 1 saturated heterocycles. The molecule has 0 unspecified atom stereocenters. The SMILES string of the molecule is C#Cc1c(F)c2cnc(N[C@@H]3CCN(C(=O)C(F)(F)F)C[C@H]3F)nn2c1C(C)C. The van der Waals surface area contributed by atoms with Crippen molar-refractivity contribution in [2.75, 3.05) is 18.4 Å². The monoisotopic (exact) mass is 415 g/mol. The second-order valence-corrected chi connectivity index (χ2v) is 7.06. The number of amides is 1. The smallest absolute Gasteiger partial charge is 0.347 e. The fraction of sp³-hybridized carbons (Fsp3) is 0.500. The zero-order valence-electron chi connectivity index (χ0n) is 15.6. The summed E-state index contributed by atoms with van der Waals surface area (Å²) in [6.07, 6.45) is -0.283. The van der Waals surface area contributed by atoms with Gasteiger partial charge in [-0.3, -0.25) is 4.79 Å². The third-order valence-electron chi connectivity index (χ3n) is 4.74. The summed E-state index contributed by atoms with van der Waals surface area (Å²) in [7, 11) is 0. The first-order valence-corrected chi connectivity index (χ1v) is 8.85. The third kappa shape index (κ3) is 3.83. The van der Waals surface area contributed by atoms with Gasteiger partial charge >= 0.3 is 12.1 Å². The Morgan fingerprint density at radius 3 is 2.66 bits per heavy atom. The molecule has 0 spiro atoms. The molecule has 2 aromatic heterocycles. The minimum atomic E-state index is -5.05. The van der Waals surface area contributed by atoms with Crippen LogP contribution in [-0.4, -0.2) is 56.9 Å². The highest BCUT2D eigenvalue weighted by molar-refractivity contribution is 5.82. The Labute approximate surface area is 163 Å². The second-order valence-electron chi connectivity index (χ2n) is 7.06. The van der Waals surface area contributed by atoms with Gasteiger partial charge in [0.25, 0.3) is 0 Å². The first-order chi connectivity index (χ1) is 13.5. The number of carbonyl (C=O) groups is 1. The van der Waals surface area contributed by atoms with Crippen LogP contribution in [0, 0.1) is 18.2 Å². The van der Waals surface area contributed by atoms with Crippen LogP contribution in [0.2, 0.25) is 0 Å². The van der Waals surface area contributed by atoms with E-state index in [4.69, 9.17) is 6.42 Å². The molecule has 11 heteroatoms. The number of terminal acetylenes is 1. The Morgan fingerprint density at radius 2 is 2.10 bits per heavy atom. The maximum absolute atomic E-state index is 14.5. The lowest BCUT2D eigenvalue weighted by Crippen LogP contribution is -2.53. The normalized spacial score (nSPS) is 20.2. The van der Waals surface area contributed by atoms with E-state index in [0.717, 1.165) is 0 Å². The van der Waals surface area contributed by atoms with Crippen LogP contribution in [0.3, 0.4) is 0 Å². The number of hydrogen-bond donors (Lipinski definition) is 1. The summed E-state index contributed by atoms with van der Waals surface area (Å²) in [5, 5.41) is 6.90. The molecule has 0 aromatic carbocycles. The van der Waals surface area contributed by atoms with Gasteiger partial charge in [0.05, 0.1) is 30.0 Å². The zero-order valence-corrected chi connectivity index (χ0v) is 15.6. The van der Waals surface area contributed by atoms with E-state index < -0.39 is 36.7 Å². The molecular weight excluding hydrogens is 397 g/mol. The van der Waals surface area contributed by atoms with Crippen molar-refractivity contribution in [1.82, 2.24) is 19.5 Å². The van der Waals surface area contributed by atoms with E-state index in [1.165, 1.54) is 10.7 Å². The molecule has 156 valence electrons. The fourth-order valence-corrected chi connectivity index (χ4v) is 3.36. The zero-order chi connectivity index (χ0) is 21.5. The lowest BCUT2D eigenvalue weighted by molar-refractivity contribution is -0.187. The molecule has 2 aromatic rings. The maximum atomic E-state index is 14.5. The van der Waals surface area contributed by atoms with Crippen molar-refractivity contribution in [3.05, 3.63) is 23.3 Å². The Morgan fingerprint density at radius 1 is 1.41 bits per heavy atom. The van der Waals surface area contributed by atoms with E-state index in [0.29, 0.717) is 10.6 Å². The fourth-order valence-electron chi connectivity index (χ4n) is 3.36. The standard InChI is InChI=1S/C18H18F5N5O/c1-4-10-14(20)13-7-24-17(26-28(13)15(10)9(2)3)25-12-5-6-27(8-11(12)19)16(29)18(21,22)23/h1,7,9,11-12H,5-6,8H2,2-3H3,(H,25,26)/t11-,12-/m1/s1. The molecule has 1 aliphatic rings. The van der Waals surface area contributed by atoms with Crippen LogP contribution in [0.15, 0.2) is 6.20 Å². The number of fused-ring (bicyclic) bond motifs is 1. The topological polar surface area (TPSA) is 62.5 Å². The maximum Gasteiger partial charge on any atom is 0.471 e. The summed E-state index contributed by atoms with van der Waals surface area (Å²) in [6.45, 7) is 2.65. The van der Waals surface area contributed by atoms with Gasteiger partial charge in [0.1, 0.15) is 11.7 Å². The lowest BCUT2D eigenvalue weighted by Gasteiger charge is -2.35. The number of likely N-dealkylation sites (tertiary alicyclic amines) is 1.